The maximum atomic E-state index is 13.0. The van der Waals surface area contributed by atoms with Gasteiger partial charge in [-0.15, -0.1) is 11.8 Å². The number of carbonyl (C=O) groups excluding carboxylic acids is 1. The molecule has 1 fully saturated rings. The van der Waals surface area contributed by atoms with Gasteiger partial charge in [0.2, 0.25) is 0 Å². The SMILES string of the molecule is CN(C)CCSc1ncccc1C(=O)N1CCC(Cc2ccccc2)CC1. The summed E-state index contributed by atoms with van der Waals surface area (Å²) in [7, 11) is 4.12. The average Bonchev–Trinajstić information content (AvgIpc) is 2.69. The van der Waals surface area contributed by atoms with Gasteiger partial charge in [-0.05, 0) is 57.0 Å². The van der Waals surface area contributed by atoms with Crippen molar-refractivity contribution in [3.63, 3.8) is 0 Å². The number of aromatic nitrogens is 1. The molecule has 1 aliphatic rings. The van der Waals surface area contributed by atoms with Gasteiger partial charge in [-0.3, -0.25) is 4.79 Å². The Bertz CT molecular complexity index is 727. The van der Waals surface area contributed by atoms with Crippen molar-refractivity contribution in [3.05, 3.63) is 59.8 Å². The van der Waals surface area contributed by atoms with E-state index in [-0.39, 0.29) is 5.91 Å². The maximum absolute atomic E-state index is 13.0. The van der Waals surface area contributed by atoms with E-state index < -0.39 is 0 Å². The van der Waals surface area contributed by atoms with Gasteiger partial charge in [-0.2, -0.15) is 0 Å². The predicted molar refractivity (Wildman–Crippen MR) is 112 cm³/mol. The summed E-state index contributed by atoms with van der Waals surface area (Å²) in [5.41, 5.74) is 2.15. The smallest absolute Gasteiger partial charge is 0.256 e. The van der Waals surface area contributed by atoms with Gasteiger partial charge in [0.15, 0.2) is 0 Å². The quantitative estimate of drug-likeness (QED) is 0.681. The monoisotopic (exact) mass is 383 g/mol. The molecule has 1 saturated heterocycles. The van der Waals surface area contributed by atoms with E-state index in [0.717, 1.165) is 55.2 Å². The van der Waals surface area contributed by atoms with Crippen LogP contribution in [0.1, 0.15) is 28.8 Å². The largest absolute Gasteiger partial charge is 0.339 e. The van der Waals surface area contributed by atoms with E-state index >= 15 is 0 Å². The van der Waals surface area contributed by atoms with Crippen molar-refractivity contribution in [2.24, 2.45) is 5.92 Å². The third kappa shape index (κ3) is 5.81. The average molecular weight is 384 g/mol. The summed E-state index contributed by atoms with van der Waals surface area (Å²) in [4.78, 5) is 21.7. The van der Waals surface area contributed by atoms with Gasteiger partial charge in [0, 0.05) is 31.6 Å². The molecule has 5 heteroatoms. The zero-order valence-electron chi connectivity index (χ0n) is 16.3. The maximum Gasteiger partial charge on any atom is 0.256 e. The van der Waals surface area contributed by atoms with E-state index in [1.165, 1.54) is 5.56 Å². The van der Waals surface area contributed by atoms with Crippen molar-refractivity contribution in [1.82, 2.24) is 14.8 Å². The third-order valence-corrected chi connectivity index (χ3v) is 6.03. The van der Waals surface area contributed by atoms with Crippen LogP contribution >= 0.6 is 11.8 Å². The lowest BCUT2D eigenvalue weighted by molar-refractivity contribution is 0.0686. The van der Waals surface area contributed by atoms with Crippen LogP contribution in [0.3, 0.4) is 0 Å². The first-order valence-electron chi connectivity index (χ1n) is 9.69. The van der Waals surface area contributed by atoms with Gasteiger partial charge < -0.3 is 9.80 Å². The Morgan fingerprint density at radius 3 is 2.59 bits per heavy atom. The molecule has 0 atom stereocenters. The van der Waals surface area contributed by atoms with Crippen molar-refractivity contribution in [1.29, 1.82) is 0 Å². The van der Waals surface area contributed by atoms with Crippen molar-refractivity contribution in [3.8, 4) is 0 Å². The lowest BCUT2D eigenvalue weighted by Gasteiger charge is -2.32. The Hall–Kier alpha value is -1.85. The molecule has 1 aromatic heterocycles. The molecule has 1 amide bonds. The summed E-state index contributed by atoms with van der Waals surface area (Å²) in [6.45, 7) is 2.65. The Kier molecular flexibility index (Phi) is 7.30. The highest BCUT2D eigenvalue weighted by Crippen LogP contribution is 2.26. The molecule has 1 aliphatic heterocycles. The van der Waals surface area contributed by atoms with Gasteiger partial charge in [0.05, 0.1) is 5.56 Å². The van der Waals surface area contributed by atoms with E-state index in [1.54, 1.807) is 18.0 Å². The van der Waals surface area contributed by atoms with E-state index in [2.05, 4.69) is 54.3 Å². The number of hydrogen-bond acceptors (Lipinski definition) is 4. The Balaban J connectivity index is 1.56. The normalized spacial score (nSPS) is 15.3. The lowest BCUT2D eigenvalue weighted by Crippen LogP contribution is -2.39. The standard InChI is InChI=1S/C22H29N3OS/c1-24(2)15-16-27-21-20(9-6-12-23-21)22(26)25-13-10-19(11-14-25)17-18-7-4-3-5-8-18/h3-9,12,19H,10-11,13-17H2,1-2H3. The molecule has 2 heterocycles. The van der Waals surface area contributed by atoms with Crippen molar-refractivity contribution in [2.75, 3.05) is 39.5 Å². The van der Waals surface area contributed by atoms with Crippen LogP contribution in [0.25, 0.3) is 0 Å². The molecule has 1 aromatic carbocycles. The number of amides is 1. The number of hydrogen-bond donors (Lipinski definition) is 0. The number of pyridine rings is 1. The lowest BCUT2D eigenvalue weighted by atomic mass is 9.90. The molecule has 4 nitrogen and oxygen atoms in total. The zero-order chi connectivity index (χ0) is 19.1. The zero-order valence-corrected chi connectivity index (χ0v) is 17.1. The minimum atomic E-state index is 0.133. The van der Waals surface area contributed by atoms with E-state index in [1.807, 2.05) is 17.0 Å². The summed E-state index contributed by atoms with van der Waals surface area (Å²) < 4.78 is 0. The van der Waals surface area contributed by atoms with Gasteiger partial charge in [0.25, 0.3) is 5.91 Å². The van der Waals surface area contributed by atoms with Crippen LogP contribution in [0.2, 0.25) is 0 Å². The number of nitrogens with zero attached hydrogens (tertiary/aromatic N) is 3. The Morgan fingerprint density at radius 1 is 1.15 bits per heavy atom. The molecular formula is C22H29N3OS. The second-order valence-corrected chi connectivity index (χ2v) is 8.52. The fraction of sp³-hybridized carbons (Fsp3) is 0.455. The molecule has 0 N–H and O–H groups in total. The van der Waals surface area contributed by atoms with Crippen LogP contribution in [0.4, 0.5) is 0 Å². The number of benzene rings is 1. The molecule has 0 spiro atoms. The molecule has 0 aliphatic carbocycles. The molecule has 0 saturated carbocycles. The number of carbonyl (C=O) groups is 1. The highest BCUT2D eigenvalue weighted by molar-refractivity contribution is 7.99. The number of piperidine rings is 1. The second kappa shape index (κ2) is 9.90. The first-order valence-corrected chi connectivity index (χ1v) is 10.7. The topological polar surface area (TPSA) is 36.4 Å². The summed E-state index contributed by atoms with van der Waals surface area (Å²) in [6.07, 6.45) is 5.04. The third-order valence-electron chi connectivity index (χ3n) is 5.05. The van der Waals surface area contributed by atoms with Gasteiger partial charge in [-0.25, -0.2) is 4.98 Å². The van der Waals surface area contributed by atoms with Crippen LogP contribution in [0.15, 0.2) is 53.7 Å². The molecular weight excluding hydrogens is 354 g/mol. The van der Waals surface area contributed by atoms with Crippen molar-refractivity contribution >= 4 is 17.7 Å². The molecule has 0 unspecified atom stereocenters. The van der Waals surface area contributed by atoms with E-state index in [0.29, 0.717) is 5.92 Å². The molecule has 3 rings (SSSR count). The van der Waals surface area contributed by atoms with E-state index in [9.17, 15) is 4.79 Å². The van der Waals surface area contributed by atoms with Crippen LogP contribution < -0.4 is 0 Å². The summed E-state index contributed by atoms with van der Waals surface area (Å²) in [6, 6.07) is 14.5. The molecule has 27 heavy (non-hydrogen) atoms. The van der Waals surface area contributed by atoms with E-state index in [4.69, 9.17) is 0 Å². The predicted octanol–water partition coefficient (Wildman–Crippen LogP) is 3.83. The second-order valence-electron chi connectivity index (χ2n) is 7.43. The Morgan fingerprint density at radius 2 is 1.89 bits per heavy atom. The van der Waals surface area contributed by atoms with Gasteiger partial charge in [-0.1, -0.05) is 30.3 Å². The minimum Gasteiger partial charge on any atom is -0.339 e. The van der Waals surface area contributed by atoms with Crippen LogP contribution in [-0.2, 0) is 6.42 Å². The molecule has 2 aromatic rings. The Labute approximate surface area is 167 Å². The first-order chi connectivity index (χ1) is 13.1. The van der Waals surface area contributed by atoms with Crippen LogP contribution in [-0.4, -0.2) is 60.2 Å². The summed E-state index contributed by atoms with van der Waals surface area (Å²) in [5.74, 6) is 1.73. The number of rotatable bonds is 7. The highest BCUT2D eigenvalue weighted by atomic mass is 32.2. The summed E-state index contributed by atoms with van der Waals surface area (Å²) in [5, 5.41) is 0.857. The first kappa shape index (κ1) is 19.9. The number of likely N-dealkylation sites (tertiary alicyclic amines) is 1. The van der Waals surface area contributed by atoms with Crippen molar-refractivity contribution < 1.29 is 4.79 Å². The van der Waals surface area contributed by atoms with Crippen LogP contribution in [0.5, 0.6) is 0 Å². The van der Waals surface area contributed by atoms with Crippen LogP contribution in [0, 0.1) is 5.92 Å². The minimum absolute atomic E-state index is 0.133. The highest BCUT2D eigenvalue weighted by Gasteiger charge is 2.25. The fourth-order valence-electron chi connectivity index (χ4n) is 3.45. The summed E-state index contributed by atoms with van der Waals surface area (Å²) >= 11 is 1.67. The molecule has 0 bridgehead atoms. The molecule has 0 radical (unpaired) electrons. The van der Waals surface area contributed by atoms with Gasteiger partial charge >= 0.3 is 0 Å². The van der Waals surface area contributed by atoms with Gasteiger partial charge in [0.1, 0.15) is 5.03 Å². The fourth-order valence-corrected chi connectivity index (χ4v) is 4.55. The number of thioether (sulfide) groups is 1. The van der Waals surface area contributed by atoms with Crippen molar-refractivity contribution in [2.45, 2.75) is 24.3 Å². The molecule has 144 valence electrons.